The molecule has 0 saturated heterocycles. The molecule has 0 bridgehead atoms. The zero-order chi connectivity index (χ0) is 24.1. The van der Waals surface area contributed by atoms with Gasteiger partial charge in [-0.1, -0.05) is 6.07 Å². The minimum Gasteiger partial charge on any atom is -0.497 e. The number of nitrogens with zero attached hydrogens (tertiary/aromatic N) is 3. The first-order valence-electron chi connectivity index (χ1n) is 11.6. The molecule has 1 atom stereocenters. The summed E-state index contributed by atoms with van der Waals surface area (Å²) in [6.07, 6.45) is 4.71. The summed E-state index contributed by atoms with van der Waals surface area (Å²) < 4.78 is 11.2. The van der Waals surface area contributed by atoms with Crippen LogP contribution in [0.2, 0.25) is 0 Å². The van der Waals surface area contributed by atoms with E-state index in [0.717, 1.165) is 59.8 Å². The monoisotopic (exact) mass is 461 g/mol. The SMILES string of the molecule is COc1ccc(-c2ncc(C)c(N(C)CCCOc3ccc4c(c3)CC[C@H]4CC(=O)O)n2)cc1. The molecule has 34 heavy (non-hydrogen) atoms. The van der Waals surface area contributed by atoms with Crippen molar-refractivity contribution in [2.45, 2.75) is 38.5 Å². The van der Waals surface area contributed by atoms with Crippen molar-refractivity contribution in [3.8, 4) is 22.9 Å². The van der Waals surface area contributed by atoms with Gasteiger partial charge in [0.05, 0.1) is 20.1 Å². The van der Waals surface area contributed by atoms with Crippen molar-refractivity contribution < 1.29 is 19.4 Å². The highest BCUT2D eigenvalue weighted by Gasteiger charge is 2.24. The van der Waals surface area contributed by atoms with Crippen LogP contribution in [-0.2, 0) is 11.2 Å². The van der Waals surface area contributed by atoms with E-state index in [1.54, 1.807) is 7.11 Å². The molecular weight excluding hydrogens is 430 g/mol. The lowest BCUT2D eigenvalue weighted by molar-refractivity contribution is -0.137. The number of carboxylic acids is 1. The molecule has 4 rings (SSSR count). The van der Waals surface area contributed by atoms with E-state index in [-0.39, 0.29) is 12.3 Å². The van der Waals surface area contributed by atoms with Gasteiger partial charge in [-0.2, -0.15) is 0 Å². The molecule has 178 valence electrons. The molecule has 0 amide bonds. The number of aryl methyl sites for hydroxylation is 2. The molecule has 0 aliphatic heterocycles. The summed E-state index contributed by atoms with van der Waals surface area (Å²) in [5, 5.41) is 9.09. The maximum atomic E-state index is 11.1. The molecule has 1 N–H and O–H groups in total. The van der Waals surface area contributed by atoms with E-state index < -0.39 is 5.97 Å². The van der Waals surface area contributed by atoms with Crippen molar-refractivity contribution >= 4 is 11.8 Å². The predicted octanol–water partition coefficient (Wildman–Crippen LogP) is 4.87. The molecule has 0 fully saturated rings. The highest BCUT2D eigenvalue weighted by atomic mass is 16.5. The fourth-order valence-corrected chi connectivity index (χ4v) is 4.49. The summed E-state index contributed by atoms with van der Waals surface area (Å²) in [7, 11) is 3.68. The first-order chi connectivity index (χ1) is 16.4. The zero-order valence-corrected chi connectivity index (χ0v) is 20.0. The van der Waals surface area contributed by atoms with Crippen LogP contribution in [0.15, 0.2) is 48.7 Å². The first-order valence-corrected chi connectivity index (χ1v) is 11.6. The summed E-state index contributed by atoms with van der Waals surface area (Å²) in [4.78, 5) is 22.5. The fraction of sp³-hybridized carbons (Fsp3) is 0.370. The number of carbonyl (C=O) groups is 1. The van der Waals surface area contributed by atoms with Crippen LogP contribution >= 0.6 is 0 Å². The van der Waals surface area contributed by atoms with E-state index in [9.17, 15) is 4.79 Å². The lowest BCUT2D eigenvalue weighted by Gasteiger charge is -2.21. The predicted molar refractivity (Wildman–Crippen MR) is 132 cm³/mol. The minimum atomic E-state index is -0.739. The summed E-state index contributed by atoms with van der Waals surface area (Å²) in [6, 6.07) is 13.8. The molecule has 2 aromatic carbocycles. The largest absolute Gasteiger partial charge is 0.497 e. The standard InChI is InChI=1S/C27H31N3O4/c1-18-17-28-26(19-7-9-22(33-3)10-8-19)29-27(18)30(2)13-4-14-34-23-11-12-24-20(15-23)5-6-21(24)16-25(31)32/h7-12,15,17,21H,4-6,13-14,16H2,1-3H3,(H,31,32)/t21-/m0/s1. The van der Waals surface area contributed by atoms with Crippen LogP contribution in [0, 0.1) is 6.92 Å². The van der Waals surface area contributed by atoms with Gasteiger partial charge in [-0.15, -0.1) is 0 Å². The maximum absolute atomic E-state index is 11.1. The number of fused-ring (bicyclic) bond motifs is 1. The van der Waals surface area contributed by atoms with Crippen LogP contribution in [0.1, 0.15) is 41.9 Å². The van der Waals surface area contributed by atoms with Crippen LogP contribution in [0.5, 0.6) is 11.5 Å². The van der Waals surface area contributed by atoms with Crippen molar-refractivity contribution in [1.29, 1.82) is 0 Å². The molecule has 0 spiro atoms. The Morgan fingerprint density at radius 1 is 1.18 bits per heavy atom. The summed E-state index contributed by atoms with van der Waals surface area (Å²) in [5.74, 6) is 2.62. The number of anilines is 1. The second-order valence-corrected chi connectivity index (χ2v) is 8.75. The Morgan fingerprint density at radius 3 is 2.68 bits per heavy atom. The molecular formula is C27H31N3O4. The van der Waals surface area contributed by atoms with Crippen LogP contribution < -0.4 is 14.4 Å². The molecule has 1 heterocycles. The molecule has 1 aromatic heterocycles. The number of hydrogen-bond acceptors (Lipinski definition) is 6. The van der Waals surface area contributed by atoms with Gasteiger partial charge in [-0.3, -0.25) is 4.79 Å². The normalized spacial score (nSPS) is 14.5. The Morgan fingerprint density at radius 2 is 1.94 bits per heavy atom. The van der Waals surface area contributed by atoms with E-state index in [1.165, 1.54) is 5.56 Å². The second-order valence-electron chi connectivity index (χ2n) is 8.75. The smallest absolute Gasteiger partial charge is 0.303 e. The van der Waals surface area contributed by atoms with Gasteiger partial charge < -0.3 is 19.5 Å². The Kier molecular flexibility index (Phi) is 7.30. The van der Waals surface area contributed by atoms with Gasteiger partial charge in [-0.05, 0) is 79.6 Å². The summed E-state index contributed by atoms with van der Waals surface area (Å²) in [5.41, 5.74) is 4.33. The van der Waals surface area contributed by atoms with Crippen LogP contribution in [-0.4, -0.2) is 48.4 Å². The van der Waals surface area contributed by atoms with Crippen molar-refractivity contribution in [1.82, 2.24) is 9.97 Å². The van der Waals surface area contributed by atoms with Crippen LogP contribution in [0.3, 0.4) is 0 Å². The van der Waals surface area contributed by atoms with Crippen molar-refractivity contribution in [2.24, 2.45) is 0 Å². The van der Waals surface area contributed by atoms with E-state index in [4.69, 9.17) is 19.6 Å². The van der Waals surface area contributed by atoms with Gasteiger partial charge in [0.25, 0.3) is 0 Å². The Hall–Kier alpha value is -3.61. The first kappa shape index (κ1) is 23.5. The zero-order valence-electron chi connectivity index (χ0n) is 20.0. The Labute approximate surface area is 200 Å². The number of benzene rings is 2. The van der Waals surface area contributed by atoms with Gasteiger partial charge in [0.1, 0.15) is 17.3 Å². The van der Waals surface area contributed by atoms with E-state index in [1.807, 2.05) is 56.6 Å². The number of aromatic nitrogens is 2. The molecule has 1 aliphatic rings. The third kappa shape index (κ3) is 5.47. The third-order valence-corrected chi connectivity index (χ3v) is 6.30. The lowest BCUT2D eigenvalue weighted by Crippen LogP contribution is -2.22. The number of hydrogen-bond donors (Lipinski definition) is 1. The van der Waals surface area contributed by atoms with E-state index in [0.29, 0.717) is 12.4 Å². The topological polar surface area (TPSA) is 84.8 Å². The molecule has 7 heteroatoms. The van der Waals surface area contributed by atoms with Gasteiger partial charge in [0.2, 0.25) is 0 Å². The number of rotatable bonds is 10. The third-order valence-electron chi connectivity index (χ3n) is 6.30. The Balaban J connectivity index is 1.32. The molecule has 7 nitrogen and oxygen atoms in total. The molecule has 3 aromatic rings. The van der Waals surface area contributed by atoms with Crippen LogP contribution in [0.25, 0.3) is 11.4 Å². The van der Waals surface area contributed by atoms with Gasteiger partial charge in [0, 0.05) is 30.9 Å². The Bertz CT molecular complexity index is 1150. The summed E-state index contributed by atoms with van der Waals surface area (Å²) >= 11 is 0. The van der Waals surface area contributed by atoms with Gasteiger partial charge >= 0.3 is 5.97 Å². The highest BCUT2D eigenvalue weighted by Crippen LogP contribution is 2.37. The van der Waals surface area contributed by atoms with Crippen molar-refractivity contribution in [3.63, 3.8) is 0 Å². The molecule has 0 unspecified atom stereocenters. The average molecular weight is 462 g/mol. The molecule has 0 saturated carbocycles. The van der Waals surface area contributed by atoms with Crippen molar-refractivity contribution in [3.05, 3.63) is 65.4 Å². The average Bonchev–Trinajstić information content (AvgIpc) is 3.23. The second kappa shape index (κ2) is 10.5. The van der Waals surface area contributed by atoms with Gasteiger partial charge in [-0.25, -0.2) is 9.97 Å². The quantitative estimate of drug-likeness (QED) is 0.431. The highest BCUT2D eigenvalue weighted by molar-refractivity contribution is 5.68. The number of carboxylic acid groups (broad SMARTS) is 1. The lowest BCUT2D eigenvalue weighted by atomic mass is 9.98. The van der Waals surface area contributed by atoms with Crippen molar-refractivity contribution in [2.75, 3.05) is 32.2 Å². The summed E-state index contributed by atoms with van der Waals surface area (Å²) in [6.45, 7) is 3.41. The minimum absolute atomic E-state index is 0.120. The fourth-order valence-electron chi connectivity index (χ4n) is 4.49. The van der Waals surface area contributed by atoms with Crippen LogP contribution in [0.4, 0.5) is 5.82 Å². The van der Waals surface area contributed by atoms with E-state index >= 15 is 0 Å². The van der Waals surface area contributed by atoms with E-state index in [2.05, 4.69) is 16.0 Å². The molecule has 1 aliphatic carbocycles. The molecule has 0 radical (unpaired) electrons. The number of ether oxygens (including phenoxy) is 2. The maximum Gasteiger partial charge on any atom is 0.303 e. The van der Waals surface area contributed by atoms with Gasteiger partial charge in [0.15, 0.2) is 5.82 Å². The number of aliphatic carboxylic acids is 1. The number of methoxy groups -OCH3 is 1.